The van der Waals surface area contributed by atoms with Crippen LogP contribution in [-0.2, 0) is 9.53 Å². The molecule has 0 N–H and O–H groups in total. The summed E-state index contributed by atoms with van der Waals surface area (Å²) in [6.07, 6.45) is 1.51. The fraction of sp³-hybridized carbons (Fsp3) is 0.444. The third kappa shape index (κ3) is 2.67. The maximum absolute atomic E-state index is 11.3. The van der Waals surface area contributed by atoms with Gasteiger partial charge in [-0.2, -0.15) is 0 Å². The second kappa shape index (κ2) is 4.91. The van der Waals surface area contributed by atoms with Gasteiger partial charge in [-0.1, -0.05) is 0 Å². The van der Waals surface area contributed by atoms with Crippen LogP contribution in [0.2, 0.25) is 5.28 Å². The summed E-state index contributed by atoms with van der Waals surface area (Å²) in [5.41, 5.74) is 0.573. The van der Waals surface area contributed by atoms with Crippen LogP contribution in [0.25, 0.3) is 0 Å². The van der Waals surface area contributed by atoms with Crippen molar-refractivity contribution in [1.29, 1.82) is 0 Å². The Morgan fingerprint density at radius 1 is 1.71 bits per heavy atom. The van der Waals surface area contributed by atoms with Crippen molar-refractivity contribution in [2.24, 2.45) is 0 Å². The first kappa shape index (κ1) is 10.9. The van der Waals surface area contributed by atoms with Crippen molar-refractivity contribution in [2.45, 2.75) is 19.8 Å². The first-order valence-corrected chi connectivity index (χ1v) is 4.68. The van der Waals surface area contributed by atoms with Gasteiger partial charge in [0.15, 0.2) is 0 Å². The molecule has 0 amide bonds. The highest BCUT2D eigenvalue weighted by molar-refractivity contribution is 6.28. The Balaban J connectivity index is 2.78. The zero-order valence-electron chi connectivity index (χ0n) is 8.03. The van der Waals surface area contributed by atoms with Gasteiger partial charge in [0, 0.05) is 6.20 Å². The summed E-state index contributed by atoms with van der Waals surface area (Å²) in [6, 6.07) is 1.65. The van der Waals surface area contributed by atoms with Crippen LogP contribution in [0, 0.1) is 0 Å². The molecule has 0 fully saturated rings. The minimum absolute atomic E-state index is 0.138. The summed E-state index contributed by atoms with van der Waals surface area (Å²) in [5.74, 6) is -0.710. The third-order valence-corrected chi connectivity index (χ3v) is 1.91. The molecule has 0 aliphatic carbocycles. The number of hydrogen-bond donors (Lipinski definition) is 0. The molecule has 1 heterocycles. The van der Waals surface area contributed by atoms with Crippen LogP contribution in [0.3, 0.4) is 0 Å². The summed E-state index contributed by atoms with van der Waals surface area (Å²) >= 11 is 5.60. The smallest absolute Gasteiger partial charge is 0.314 e. The third-order valence-electron chi connectivity index (χ3n) is 1.73. The Hall–Kier alpha value is -1.16. The number of ether oxygens (including phenoxy) is 1. The Labute approximate surface area is 87.3 Å². The van der Waals surface area contributed by atoms with E-state index in [4.69, 9.17) is 16.3 Å². The first-order valence-electron chi connectivity index (χ1n) is 4.30. The highest BCUT2D eigenvalue weighted by atomic mass is 35.5. The van der Waals surface area contributed by atoms with E-state index in [1.165, 1.54) is 6.20 Å². The van der Waals surface area contributed by atoms with E-state index in [9.17, 15) is 4.79 Å². The predicted octanol–water partition coefficient (Wildman–Crippen LogP) is 1.80. The normalized spacial score (nSPS) is 12.2. The lowest BCUT2D eigenvalue weighted by atomic mass is 10.1. The van der Waals surface area contributed by atoms with Crippen LogP contribution in [0.15, 0.2) is 12.3 Å². The molecule has 14 heavy (non-hydrogen) atoms. The minimum atomic E-state index is -0.407. The molecule has 0 saturated carbocycles. The maximum atomic E-state index is 11.3. The highest BCUT2D eigenvalue weighted by Gasteiger charge is 2.17. The number of carbonyl (C=O) groups excluding carboxylic acids is 1. The Morgan fingerprint density at radius 3 is 3.00 bits per heavy atom. The van der Waals surface area contributed by atoms with Crippen molar-refractivity contribution < 1.29 is 9.53 Å². The Bertz CT molecular complexity index is 330. The second-order valence-corrected chi connectivity index (χ2v) is 3.06. The lowest BCUT2D eigenvalue weighted by molar-refractivity contribution is -0.144. The molecule has 4 nitrogen and oxygen atoms in total. The van der Waals surface area contributed by atoms with Gasteiger partial charge in [-0.3, -0.25) is 4.79 Å². The van der Waals surface area contributed by atoms with Crippen LogP contribution in [0.1, 0.15) is 25.5 Å². The lowest BCUT2D eigenvalue weighted by Gasteiger charge is -2.09. The van der Waals surface area contributed by atoms with Crippen molar-refractivity contribution in [3.05, 3.63) is 23.2 Å². The van der Waals surface area contributed by atoms with E-state index in [2.05, 4.69) is 9.97 Å². The summed E-state index contributed by atoms with van der Waals surface area (Å²) < 4.78 is 4.86. The molecule has 5 heteroatoms. The van der Waals surface area contributed by atoms with Crippen molar-refractivity contribution in [1.82, 2.24) is 9.97 Å². The summed E-state index contributed by atoms with van der Waals surface area (Å²) in [4.78, 5) is 19.0. The molecule has 1 atom stereocenters. The number of hydrogen-bond acceptors (Lipinski definition) is 4. The number of nitrogens with zero attached hydrogens (tertiary/aromatic N) is 2. The van der Waals surface area contributed by atoms with E-state index in [0.29, 0.717) is 12.3 Å². The molecular formula is C9H11ClN2O2. The summed E-state index contributed by atoms with van der Waals surface area (Å²) in [7, 11) is 0. The molecule has 0 aliphatic rings. The molecule has 0 aromatic carbocycles. The van der Waals surface area contributed by atoms with E-state index >= 15 is 0 Å². The van der Waals surface area contributed by atoms with E-state index in [-0.39, 0.29) is 11.3 Å². The van der Waals surface area contributed by atoms with Crippen LogP contribution >= 0.6 is 11.6 Å². The molecule has 0 aliphatic heterocycles. The van der Waals surface area contributed by atoms with Gasteiger partial charge < -0.3 is 4.74 Å². The van der Waals surface area contributed by atoms with Gasteiger partial charge in [-0.15, -0.1) is 0 Å². The van der Waals surface area contributed by atoms with E-state index < -0.39 is 5.92 Å². The molecule has 76 valence electrons. The SMILES string of the molecule is CCOC(=O)C(C)c1ccnc(Cl)n1. The van der Waals surface area contributed by atoms with E-state index in [1.54, 1.807) is 19.9 Å². The molecule has 1 unspecified atom stereocenters. The van der Waals surface area contributed by atoms with Gasteiger partial charge in [0.1, 0.15) is 0 Å². The Morgan fingerprint density at radius 2 is 2.43 bits per heavy atom. The highest BCUT2D eigenvalue weighted by Crippen LogP contribution is 2.15. The molecule has 1 aromatic heterocycles. The number of aromatic nitrogens is 2. The molecule has 0 radical (unpaired) electrons. The van der Waals surface area contributed by atoms with Crippen LogP contribution in [-0.4, -0.2) is 22.5 Å². The largest absolute Gasteiger partial charge is 0.465 e. The van der Waals surface area contributed by atoms with Gasteiger partial charge in [0.2, 0.25) is 5.28 Å². The molecule has 1 aromatic rings. The van der Waals surface area contributed by atoms with Crippen molar-refractivity contribution in [3.8, 4) is 0 Å². The van der Waals surface area contributed by atoms with E-state index in [0.717, 1.165) is 0 Å². The number of esters is 1. The van der Waals surface area contributed by atoms with Crippen molar-refractivity contribution >= 4 is 17.6 Å². The monoisotopic (exact) mass is 214 g/mol. The molecule has 0 bridgehead atoms. The first-order chi connectivity index (χ1) is 6.65. The fourth-order valence-electron chi connectivity index (χ4n) is 0.977. The predicted molar refractivity (Wildman–Crippen MR) is 52.1 cm³/mol. The van der Waals surface area contributed by atoms with Gasteiger partial charge >= 0.3 is 5.97 Å². The fourth-order valence-corrected chi connectivity index (χ4v) is 1.13. The van der Waals surface area contributed by atoms with Crippen LogP contribution in [0.5, 0.6) is 0 Å². The Kier molecular flexibility index (Phi) is 3.83. The van der Waals surface area contributed by atoms with Gasteiger partial charge in [0.05, 0.1) is 18.2 Å². The standard InChI is InChI=1S/C9H11ClN2O2/c1-3-14-8(13)6(2)7-4-5-11-9(10)12-7/h4-6H,3H2,1-2H3. The summed E-state index contributed by atoms with van der Waals surface area (Å²) in [6.45, 7) is 3.84. The zero-order valence-corrected chi connectivity index (χ0v) is 8.78. The van der Waals surface area contributed by atoms with Gasteiger partial charge in [0.25, 0.3) is 0 Å². The van der Waals surface area contributed by atoms with Gasteiger partial charge in [-0.05, 0) is 31.5 Å². The van der Waals surface area contributed by atoms with Gasteiger partial charge in [-0.25, -0.2) is 9.97 Å². The maximum Gasteiger partial charge on any atom is 0.314 e. The van der Waals surface area contributed by atoms with Crippen molar-refractivity contribution in [3.63, 3.8) is 0 Å². The molecular weight excluding hydrogens is 204 g/mol. The second-order valence-electron chi connectivity index (χ2n) is 2.72. The lowest BCUT2D eigenvalue weighted by Crippen LogP contribution is -2.14. The number of halogens is 1. The quantitative estimate of drug-likeness (QED) is 0.569. The summed E-state index contributed by atoms with van der Waals surface area (Å²) in [5, 5.41) is 0.138. The zero-order chi connectivity index (χ0) is 10.6. The van der Waals surface area contributed by atoms with Crippen molar-refractivity contribution in [2.75, 3.05) is 6.61 Å². The number of carbonyl (C=O) groups is 1. The average Bonchev–Trinajstić information content (AvgIpc) is 2.17. The van der Waals surface area contributed by atoms with Crippen LogP contribution in [0.4, 0.5) is 0 Å². The molecule has 0 saturated heterocycles. The molecule has 1 rings (SSSR count). The topological polar surface area (TPSA) is 52.1 Å². The molecule has 0 spiro atoms. The minimum Gasteiger partial charge on any atom is -0.465 e. The number of rotatable bonds is 3. The van der Waals surface area contributed by atoms with E-state index in [1.807, 2.05) is 0 Å². The van der Waals surface area contributed by atoms with Crippen LogP contribution < -0.4 is 0 Å². The average molecular weight is 215 g/mol.